The Hall–Kier alpha value is -0.580. The second-order valence-electron chi connectivity index (χ2n) is 4.66. The molecule has 1 rings (SSSR count). The van der Waals surface area contributed by atoms with Gasteiger partial charge in [-0.15, -0.1) is 0 Å². The molecule has 1 aromatic rings. The number of β-amino-alcohol motifs (C(OH)–C–C–N with tert-alkyl or cyclic N) is 1. The number of nitrogens with one attached hydrogen (secondary N) is 1. The van der Waals surface area contributed by atoms with Crippen LogP contribution in [0.25, 0.3) is 0 Å². The van der Waals surface area contributed by atoms with Crippen molar-refractivity contribution in [3.05, 3.63) is 35.7 Å². The molecule has 1 radical (unpaired) electrons. The van der Waals surface area contributed by atoms with Crippen molar-refractivity contribution < 1.29 is 9.84 Å². The quantitative estimate of drug-likeness (QED) is 0.848. The highest BCUT2D eigenvalue weighted by atomic mass is 79.9. The predicted molar refractivity (Wildman–Crippen MR) is 73.1 cm³/mol. The van der Waals surface area contributed by atoms with Crippen LogP contribution in [0.3, 0.4) is 0 Å². The van der Waals surface area contributed by atoms with E-state index in [0.717, 1.165) is 10.2 Å². The monoisotopic (exact) mass is 300 g/mol. The average Bonchev–Trinajstić information content (AvgIpc) is 2.24. The van der Waals surface area contributed by atoms with Gasteiger partial charge in [0.1, 0.15) is 18.5 Å². The Labute approximate surface area is 111 Å². The molecule has 0 bridgehead atoms. The van der Waals surface area contributed by atoms with E-state index in [4.69, 9.17) is 4.74 Å². The van der Waals surface area contributed by atoms with Crippen molar-refractivity contribution in [3.63, 3.8) is 0 Å². The summed E-state index contributed by atoms with van der Waals surface area (Å²) < 4.78 is 6.39. The lowest BCUT2D eigenvalue weighted by molar-refractivity contribution is 0.101. The molecule has 0 aliphatic rings. The van der Waals surface area contributed by atoms with Crippen LogP contribution in [0, 0.1) is 6.92 Å². The van der Waals surface area contributed by atoms with Gasteiger partial charge in [-0.25, -0.2) is 0 Å². The second-order valence-corrected chi connectivity index (χ2v) is 5.51. The normalized spacial score (nSPS) is 13.5. The van der Waals surface area contributed by atoms with Gasteiger partial charge in [0.2, 0.25) is 0 Å². The van der Waals surface area contributed by atoms with Gasteiger partial charge >= 0.3 is 0 Å². The van der Waals surface area contributed by atoms with Gasteiger partial charge in [0.25, 0.3) is 0 Å². The van der Waals surface area contributed by atoms with Gasteiger partial charge < -0.3 is 15.2 Å². The Morgan fingerprint density at radius 3 is 2.71 bits per heavy atom. The molecule has 1 atom stereocenters. The first-order chi connectivity index (χ1) is 7.88. The van der Waals surface area contributed by atoms with Crippen LogP contribution in [0.1, 0.15) is 13.8 Å². The SMILES string of the molecule is [CH2]C(C)(C)NCC(O)COc1ccccc1Br. The van der Waals surface area contributed by atoms with Crippen molar-refractivity contribution >= 4 is 15.9 Å². The molecule has 0 aliphatic heterocycles. The van der Waals surface area contributed by atoms with Gasteiger partial charge in [-0.3, -0.25) is 0 Å². The van der Waals surface area contributed by atoms with E-state index in [9.17, 15) is 5.11 Å². The molecule has 0 saturated carbocycles. The number of rotatable bonds is 6. The number of benzene rings is 1. The summed E-state index contributed by atoms with van der Waals surface area (Å²) in [6, 6.07) is 7.57. The summed E-state index contributed by atoms with van der Waals surface area (Å²) in [5.74, 6) is 0.737. The average molecular weight is 301 g/mol. The van der Waals surface area contributed by atoms with E-state index < -0.39 is 6.10 Å². The zero-order chi connectivity index (χ0) is 12.9. The molecule has 0 aromatic heterocycles. The van der Waals surface area contributed by atoms with E-state index in [2.05, 4.69) is 28.2 Å². The fourth-order valence-electron chi connectivity index (χ4n) is 1.20. The van der Waals surface area contributed by atoms with Crippen molar-refractivity contribution in [2.45, 2.75) is 25.5 Å². The number of ether oxygens (including phenoxy) is 1. The molecule has 0 fully saturated rings. The maximum absolute atomic E-state index is 9.73. The van der Waals surface area contributed by atoms with E-state index in [1.54, 1.807) is 0 Å². The zero-order valence-electron chi connectivity index (χ0n) is 10.2. The molecule has 1 aromatic carbocycles. The highest BCUT2D eigenvalue weighted by Crippen LogP contribution is 2.23. The summed E-state index contributed by atoms with van der Waals surface area (Å²) >= 11 is 3.38. The largest absolute Gasteiger partial charge is 0.490 e. The lowest BCUT2D eigenvalue weighted by atomic mass is 10.1. The van der Waals surface area contributed by atoms with Crippen LogP contribution in [-0.2, 0) is 0 Å². The van der Waals surface area contributed by atoms with Crippen LogP contribution in [-0.4, -0.2) is 29.9 Å². The number of para-hydroxylation sites is 1. The zero-order valence-corrected chi connectivity index (χ0v) is 11.8. The lowest BCUT2D eigenvalue weighted by Gasteiger charge is -2.22. The molecule has 95 valence electrons. The van der Waals surface area contributed by atoms with E-state index in [0.29, 0.717) is 6.54 Å². The molecule has 0 spiro atoms. The molecule has 1 unspecified atom stereocenters. The molecule has 3 nitrogen and oxygen atoms in total. The Bertz CT molecular complexity index is 350. The van der Waals surface area contributed by atoms with Crippen molar-refractivity contribution in [1.82, 2.24) is 5.32 Å². The minimum atomic E-state index is -0.553. The summed E-state index contributed by atoms with van der Waals surface area (Å²) in [6.07, 6.45) is -0.553. The van der Waals surface area contributed by atoms with Gasteiger partial charge in [0.15, 0.2) is 0 Å². The van der Waals surface area contributed by atoms with Crippen LogP contribution in [0.2, 0.25) is 0 Å². The highest BCUT2D eigenvalue weighted by Gasteiger charge is 2.13. The Morgan fingerprint density at radius 2 is 2.12 bits per heavy atom. The minimum Gasteiger partial charge on any atom is -0.490 e. The summed E-state index contributed by atoms with van der Waals surface area (Å²) in [7, 11) is 0. The fourth-order valence-corrected chi connectivity index (χ4v) is 1.60. The van der Waals surface area contributed by atoms with E-state index in [1.165, 1.54) is 0 Å². The summed E-state index contributed by atoms with van der Waals surface area (Å²) in [5.41, 5.74) is -0.242. The predicted octanol–water partition coefficient (Wildman–Crippen LogP) is 2.39. The number of hydrogen-bond acceptors (Lipinski definition) is 3. The molecule has 17 heavy (non-hydrogen) atoms. The van der Waals surface area contributed by atoms with Crippen molar-refractivity contribution in [3.8, 4) is 5.75 Å². The smallest absolute Gasteiger partial charge is 0.133 e. The third kappa shape index (κ3) is 6.05. The molecule has 0 saturated heterocycles. The van der Waals surface area contributed by atoms with Gasteiger partial charge in [0.05, 0.1) is 4.47 Å². The van der Waals surface area contributed by atoms with Crippen molar-refractivity contribution in [2.75, 3.05) is 13.2 Å². The van der Waals surface area contributed by atoms with Crippen LogP contribution >= 0.6 is 15.9 Å². The molecule has 4 heteroatoms. The van der Waals surface area contributed by atoms with Crippen LogP contribution in [0.15, 0.2) is 28.7 Å². The first kappa shape index (κ1) is 14.5. The van der Waals surface area contributed by atoms with Gasteiger partial charge in [-0.2, -0.15) is 0 Å². The molecular formula is C13H19BrNO2. The molecular weight excluding hydrogens is 282 g/mol. The first-order valence-corrected chi connectivity index (χ1v) is 6.33. The minimum absolute atomic E-state index is 0.242. The standard InChI is InChI=1S/C13H19BrNO2/c1-13(2,3)15-8-10(16)9-17-12-7-5-4-6-11(12)14/h4-7,10,15-16H,1,8-9H2,2-3H3. The van der Waals surface area contributed by atoms with Gasteiger partial charge in [-0.05, 0) is 48.8 Å². The fraction of sp³-hybridized carbons (Fsp3) is 0.462. The Morgan fingerprint density at radius 1 is 1.47 bits per heavy atom. The lowest BCUT2D eigenvalue weighted by Crippen LogP contribution is -2.42. The number of aliphatic hydroxyl groups is 1. The third-order valence-corrected chi connectivity index (χ3v) is 2.74. The van der Waals surface area contributed by atoms with Gasteiger partial charge in [0, 0.05) is 12.1 Å². The van der Waals surface area contributed by atoms with Crippen LogP contribution in [0.4, 0.5) is 0 Å². The van der Waals surface area contributed by atoms with Crippen LogP contribution in [0.5, 0.6) is 5.75 Å². The first-order valence-electron chi connectivity index (χ1n) is 5.54. The molecule has 0 heterocycles. The maximum atomic E-state index is 9.73. The summed E-state index contributed by atoms with van der Waals surface area (Å²) in [6.45, 7) is 8.52. The van der Waals surface area contributed by atoms with Gasteiger partial charge in [-0.1, -0.05) is 12.1 Å². The topological polar surface area (TPSA) is 41.5 Å². The van der Waals surface area contributed by atoms with E-state index in [-0.39, 0.29) is 12.1 Å². The summed E-state index contributed by atoms with van der Waals surface area (Å²) in [5, 5.41) is 12.9. The molecule has 0 aliphatic carbocycles. The third-order valence-electron chi connectivity index (χ3n) is 2.08. The molecule has 2 N–H and O–H groups in total. The van der Waals surface area contributed by atoms with E-state index in [1.807, 2.05) is 38.1 Å². The molecule has 0 amide bonds. The van der Waals surface area contributed by atoms with E-state index >= 15 is 0 Å². The number of hydrogen-bond donors (Lipinski definition) is 2. The van der Waals surface area contributed by atoms with Crippen molar-refractivity contribution in [2.24, 2.45) is 0 Å². The van der Waals surface area contributed by atoms with Crippen LogP contribution < -0.4 is 10.1 Å². The summed E-state index contributed by atoms with van der Waals surface area (Å²) in [4.78, 5) is 0. The van der Waals surface area contributed by atoms with Crippen molar-refractivity contribution in [1.29, 1.82) is 0 Å². The Kier molecular flexibility index (Phi) is 5.43. The number of halogens is 1. The second kappa shape index (κ2) is 6.38. The highest BCUT2D eigenvalue weighted by molar-refractivity contribution is 9.10. The Balaban J connectivity index is 2.34. The number of aliphatic hydroxyl groups excluding tert-OH is 1. The maximum Gasteiger partial charge on any atom is 0.133 e.